The van der Waals surface area contributed by atoms with Crippen molar-refractivity contribution in [3.63, 3.8) is 0 Å². The van der Waals surface area contributed by atoms with Crippen LogP contribution in [0.2, 0.25) is 5.02 Å². The Morgan fingerprint density at radius 1 is 1.19 bits per heavy atom. The van der Waals surface area contributed by atoms with Gasteiger partial charge >= 0.3 is 0 Å². The third-order valence-corrected chi connectivity index (χ3v) is 4.93. The summed E-state index contributed by atoms with van der Waals surface area (Å²) in [6.45, 7) is 0. The van der Waals surface area contributed by atoms with Crippen molar-refractivity contribution >= 4 is 35.0 Å². The lowest BCUT2D eigenvalue weighted by Gasteiger charge is -2.25. The van der Waals surface area contributed by atoms with E-state index in [1.54, 1.807) is 23.8 Å². The number of carbonyl (C=O) groups is 1. The number of thioether (sulfide) groups is 1. The number of ether oxygens (including phenoxy) is 1. The summed E-state index contributed by atoms with van der Waals surface area (Å²) in [6.07, 6.45) is 0. The fraction of sp³-hybridized carbons (Fsp3) is 0.188. The van der Waals surface area contributed by atoms with Crippen molar-refractivity contribution in [2.75, 3.05) is 17.8 Å². The van der Waals surface area contributed by atoms with Crippen molar-refractivity contribution in [3.05, 3.63) is 59.1 Å². The summed E-state index contributed by atoms with van der Waals surface area (Å²) in [7, 11) is 1.62. The zero-order valence-electron chi connectivity index (χ0n) is 11.5. The van der Waals surface area contributed by atoms with Crippen LogP contribution in [0.4, 0.5) is 5.69 Å². The Morgan fingerprint density at radius 2 is 1.90 bits per heavy atom. The Hall–Kier alpha value is -1.65. The maximum absolute atomic E-state index is 12.3. The van der Waals surface area contributed by atoms with Gasteiger partial charge in [-0.2, -0.15) is 0 Å². The first kappa shape index (κ1) is 14.3. The highest BCUT2D eigenvalue weighted by molar-refractivity contribution is 8.00. The molecule has 0 N–H and O–H groups in total. The van der Waals surface area contributed by atoms with Crippen LogP contribution in [0.15, 0.2) is 48.5 Å². The monoisotopic (exact) mass is 319 g/mol. The van der Waals surface area contributed by atoms with E-state index in [9.17, 15) is 4.79 Å². The Kier molecular flexibility index (Phi) is 4.08. The molecule has 0 saturated carbocycles. The quantitative estimate of drug-likeness (QED) is 0.852. The summed E-state index contributed by atoms with van der Waals surface area (Å²) in [5, 5.41) is 0.600. The molecule has 0 aromatic heterocycles. The molecule has 1 saturated heterocycles. The SMILES string of the molecule is COc1ccc(N2C(=O)CS[C@@H]2c2ccccc2Cl)cc1. The molecule has 1 atom stereocenters. The van der Waals surface area contributed by atoms with Gasteiger partial charge in [0.2, 0.25) is 5.91 Å². The molecule has 108 valence electrons. The fourth-order valence-electron chi connectivity index (χ4n) is 2.35. The van der Waals surface area contributed by atoms with Crippen LogP contribution in [-0.4, -0.2) is 18.8 Å². The topological polar surface area (TPSA) is 29.5 Å². The first-order chi connectivity index (χ1) is 10.2. The average Bonchev–Trinajstić information content (AvgIpc) is 2.89. The smallest absolute Gasteiger partial charge is 0.238 e. The zero-order valence-corrected chi connectivity index (χ0v) is 13.0. The molecule has 5 heteroatoms. The van der Waals surface area contributed by atoms with Crippen molar-refractivity contribution in [1.29, 1.82) is 0 Å². The highest BCUT2D eigenvalue weighted by Gasteiger charge is 2.34. The second-order valence-corrected chi connectivity index (χ2v) is 6.12. The number of carbonyl (C=O) groups excluding carboxylic acids is 1. The molecule has 3 nitrogen and oxygen atoms in total. The normalized spacial score (nSPS) is 18.1. The van der Waals surface area contributed by atoms with Crippen LogP contribution in [0, 0.1) is 0 Å². The van der Waals surface area contributed by atoms with Crippen LogP contribution in [0.3, 0.4) is 0 Å². The summed E-state index contributed by atoms with van der Waals surface area (Å²) < 4.78 is 5.16. The molecule has 1 heterocycles. The van der Waals surface area contributed by atoms with Crippen molar-refractivity contribution in [2.24, 2.45) is 0 Å². The average molecular weight is 320 g/mol. The lowest BCUT2D eigenvalue weighted by Crippen LogP contribution is -2.27. The number of rotatable bonds is 3. The molecule has 21 heavy (non-hydrogen) atoms. The van der Waals surface area contributed by atoms with E-state index in [2.05, 4.69) is 0 Å². The number of anilines is 1. The lowest BCUT2D eigenvalue weighted by molar-refractivity contribution is -0.115. The number of benzene rings is 2. The van der Waals surface area contributed by atoms with Gasteiger partial charge in [-0.05, 0) is 30.3 Å². The molecule has 2 aromatic rings. The Balaban J connectivity index is 1.97. The van der Waals surface area contributed by atoms with Crippen LogP contribution >= 0.6 is 23.4 Å². The minimum absolute atomic E-state index is 0.0837. The molecule has 1 aliphatic rings. The van der Waals surface area contributed by atoms with Crippen molar-refractivity contribution < 1.29 is 9.53 Å². The Bertz CT molecular complexity index is 660. The molecule has 2 aromatic carbocycles. The maximum Gasteiger partial charge on any atom is 0.238 e. The van der Waals surface area contributed by atoms with Gasteiger partial charge in [0.25, 0.3) is 0 Å². The number of amides is 1. The van der Waals surface area contributed by atoms with Crippen LogP contribution in [0.5, 0.6) is 5.75 Å². The Labute approximate surface area is 132 Å². The van der Waals surface area contributed by atoms with Crippen LogP contribution < -0.4 is 9.64 Å². The van der Waals surface area contributed by atoms with Gasteiger partial charge in [-0.1, -0.05) is 29.8 Å². The highest BCUT2D eigenvalue weighted by Crippen LogP contribution is 2.44. The number of methoxy groups -OCH3 is 1. The standard InChI is InChI=1S/C16H14ClNO2S/c1-20-12-8-6-11(7-9-12)18-15(19)10-21-16(18)13-4-2-3-5-14(13)17/h2-9,16H,10H2,1H3/t16-/m1/s1. The van der Waals surface area contributed by atoms with Gasteiger partial charge in [-0.25, -0.2) is 0 Å². The van der Waals surface area contributed by atoms with E-state index in [4.69, 9.17) is 16.3 Å². The van der Waals surface area contributed by atoms with E-state index in [1.807, 2.05) is 48.5 Å². The van der Waals surface area contributed by atoms with E-state index in [-0.39, 0.29) is 11.3 Å². The van der Waals surface area contributed by atoms with Gasteiger partial charge in [0.05, 0.1) is 12.9 Å². The molecule has 0 aliphatic carbocycles. The van der Waals surface area contributed by atoms with E-state index in [0.29, 0.717) is 10.8 Å². The van der Waals surface area contributed by atoms with Gasteiger partial charge < -0.3 is 4.74 Å². The molecular formula is C16H14ClNO2S. The summed E-state index contributed by atoms with van der Waals surface area (Å²) in [5.41, 5.74) is 1.82. The predicted molar refractivity (Wildman–Crippen MR) is 87.1 cm³/mol. The second-order valence-electron chi connectivity index (χ2n) is 4.65. The summed E-state index contributed by atoms with van der Waals surface area (Å²) in [6, 6.07) is 15.2. The first-order valence-electron chi connectivity index (χ1n) is 6.53. The van der Waals surface area contributed by atoms with Crippen LogP contribution in [-0.2, 0) is 4.79 Å². The highest BCUT2D eigenvalue weighted by atomic mass is 35.5. The number of hydrogen-bond acceptors (Lipinski definition) is 3. The summed E-state index contributed by atoms with van der Waals surface area (Å²) >= 11 is 7.87. The summed E-state index contributed by atoms with van der Waals surface area (Å²) in [5.74, 6) is 1.32. The van der Waals surface area contributed by atoms with E-state index in [0.717, 1.165) is 17.0 Å². The van der Waals surface area contributed by atoms with Crippen LogP contribution in [0.1, 0.15) is 10.9 Å². The Morgan fingerprint density at radius 3 is 2.57 bits per heavy atom. The van der Waals surface area contributed by atoms with Gasteiger partial charge in [-0.3, -0.25) is 9.69 Å². The molecular weight excluding hydrogens is 306 g/mol. The van der Waals surface area contributed by atoms with Gasteiger partial charge in [-0.15, -0.1) is 11.8 Å². The largest absolute Gasteiger partial charge is 0.497 e. The number of halogens is 1. The molecule has 0 radical (unpaired) electrons. The molecule has 1 amide bonds. The third-order valence-electron chi connectivity index (χ3n) is 3.39. The molecule has 0 spiro atoms. The minimum Gasteiger partial charge on any atom is -0.497 e. The van der Waals surface area contributed by atoms with Crippen LogP contribution in [0.25, 0.3) is 0 Å². The molecule has 1 fully saturated rings. The number of nitrogens with zero attached hydrogens (tertiary/aromatic N) is 1. The third kappa shape index (κ3) is 2.74. The van der Waals surface area contributed by atoms with E-state index in [1.165, 1.54) is 0 Å². The maximum atomic E-state index is 12.3. The molecule has 1 aliphatic heterocycles. The van der Waals surface area contributed by atoms with Crippen molar-refractivity contribution in [1.82, 2.24) is 0 Å². The van der Waals surface area contributed by atoms with Crippen molar-refractivity contribution in [2.45, 2.75) is 5.37 Å². The molecule has 3 rings (SSSR count). The number of hydrogen-bond donors (Lipinski definition) is 0. The summed E-state index contributed by atoms with van der Waals surface area (Å²) in [4.78, 5) is 14.1. The minimum atomic E-state index is -0.0837. The first-order valence-corrected chi connectivity index (χ1v) is 7.95. The van der Waals surface area contributed by atoms with Gasteiger partial charge in [0, 0.05) is 16.3 Å². The molecule has 0 bridgehead atoms. The predicted octanol–water partition coefficient (Wildman–Crippen LogP) is 4.13. The van der Waals surface area contributed by atoms with Crippen molar-refractivity contribution in [3.8, 4) is 5.75 Å². The molecule has 0 unspecified atom stereocenters. The van der Waals surface area contributed by atoms with Gasteiger partial charge in [0.1, 0.15) is 11.1 Å². The van der Waals surface area contributed by atoms with E-state index < -0.39 is 0 Å². The lowest BCUT2D eigenvalue weighted by atomic mass is 10.2. The van der Waals surface area contributed by atoms with Gasteiger partial charge in [0.15, 0.2) is 0 Å². The van der Waals surface area contributed by atoms with E-state index >= 15 is 0 Å². The fourth-order valence-corrected chi connectivity index (χ4v) is 3.87. The zero-order chi connectivity index (χ0) is 14.8. The second kappa shape index (κ2) is 6.00.